The highest BCUT2D eigenvalue weighted by atomic mass is 35.5. The maximum Gasteiger partial charge on any atom is 0.255 e. The van der Waals surface area contributed by atoms with Gasteiger partial charge in [-0.25, -0.2) is 0 Å². The summed E-state index contributed by atoms with van der Waals surface area (Å²) in [6.07, 6.45) is 8.51. The van der Waals surface area contributed by atoms with Gasteiger partial charge in [-0.05, 0) is 55.9 Å². The molecule has 182 valence electrons. The summed E-state index contributed by atoms with van der Waals surface area (Å²) in [5.41, 5.74) is 5.98. The molecule has 1 spiro atoms. The predicted octanol–water partition coefficient (Wildman–Crippen LogP) is 5.37. The zero-order valence-electron chi connectivity index (χ0n) is 19.7. The van der Waals surface area contributed by atoms with Gasteiger partial charge in [0.25, 0.3) is 5.91 Å². The second-order valence-corrected chi connectivity index (χ2v) is 10.1. The number of amides is 1. The van der Waals surface area contributed by atoms with Gasteiger partial charge < -0.3 is 25.1 Å². The number of carbonyl (C=O) groups excluding carboxylic acids is 1. The first-order chi connectivity index (χ1) is 17.1. The first kappa shape index (κ1) is 22.4. The Hall–Kier alpha value is -3.03. The lowest BCUT2D eigenvalue weighted by molar-refractivity contribution is 0.0680. The molecule has 2 aliphatic heterocycles. The molecule has 2 aromatic heterocycles. The summed E-state index contributed by atoms with van der Waals surface area (Å²) in [4.78, 5) is 21.2. The van der Waals surface area contributed by atoms with E-state index in [1.165, 1.54) is 0 Å². The van der Waals surface area contributed by atoms with E-state index in [1.807, 2.05) is 24.3 Å². The van der Waals surface area contributed by atoms with Gasteiger partial charge in [0.15, 0.2) is 0 Å². The molecule has 3 aliphatic rings. The minimum atomic E-state index is -0.0709. The van der Waals surface area contributed by atoms with Crippen LogP contribution in [0.25, 0.3) is 11.3 Å². The van der Waals surface area contributed by atoms with Crippen molar-refractivity contribution in [3.05, 3.63) is 58.5 Å². The molecular weight excluding hydrogens is 464 g/mol. The van der Waals surface area contributed by atoms with Gasteiger partial charge in [0.2, 0.25) is 0 Å². The number of nitrogens with zero attached hydrogens (tertiary/aromatic N) is 1. The van der Waals surface area contributed by atoms with Gasteiger partial charge in [-0.1, -0.05) is 24.6 Å². The highest BCUT2D eigenvalue weighted by Gasteiger charge is 2.51. The molecular formula is C27H29ClN4O3. The number of anilines is 2. The van der Waals surface area contributed by atoms with Crippen LogP contribution in [-0.2, 0) is 16.6 Å². The molecule has 4 heterocycles. The molecule has 8 heteroatoms. The Morgan fingerprint density at radius 1 is 1.31 bits per heavy atom. The summed E-state index contributed by atoms with van der Waals surface area (Å²) in [6, 6.07) is 7.75. The lowest BCUT2D eigenvalue weighted by atomic mass is 9.93. The Morgan fingerprint density at radius 2 is 2.20 bits per heavy atom. The lowest BCUT2D eigenvalue weighted by Gasteiger charge is -2.23. The van der Waals surface area contributed by atoms with E-state index < -0.39 is 0 Å². The standard InChI is InChI=1S/C27H29ClN4O3/c1-2-17-19(28)6-3-7-20(17)31-24-22-25(27(9-10-27)15-30-26(22)33)32-23(24)18-8-11-29-13-21(18)35-14-16-5-4-12-34-16/h3,6-8,11,13,16,31-32H,2,4-5,9-10,12,14-15H2,1H3,(H,30,33)/t16-/m1/s1. The lowest BCUT2D eigenvalue weighted by Crippen LogP contribution is -2.39. The second kappa shape index (κ2) is 8.88. The number of ether oxygens (including phenoxy) is 2. The number of aromatic amines is 1. The van der Waals surface area contributed by atoms with Crippen molar-refractivity contribution in [1.29, 1.82) is 0 Å². The number of H-pyrrole nitrogens is 1. The third-order valence-electron chi connectivity index (χ3n) is 7.43. The van der Waals surface area contributed by atoms with E-state index in [2.05, 4.69) is 27.5 Å². The van der Waals surface area contributed by atoms with Crippen LogP contribution in [0.3, 0.4) is 0 Å². The predicted molar refractivity (Wildman–Crippen MR) is 136 cm³/mol. The molecule has 1 saturated carbocycles. The van der Waals surface area contributed by atoms with Crippen LogP contribution >= 0.6 is 11.6 Å². The van der Waals surface area contributed by atoms with Crippen LogP contribution < -0.4 is 15.4 Å². The fraction of sp³-hybridized carbons (Fsp3) is 0.407. The molecule has 1 amide bonds. The number of rotatable bonds is 7. The summed E-state index contributed by atoms with van der Waals surface area (Å²) in [7, 11) is 0. The normalized spacial score (nSPS) is 19.9. The molecule has 3 aromatic rings. The highest BCUT2D eigenvalue weighted by Crippen LogP contribution is 2.54. The smallest absolute Gasteiger partial charge is 0.255 e. The minimum Gasteiger partial charge on any atom is -0.489 e. The van der Waals surface area contributed by atoms with Crippen molar-refractivity contribution < 1.29 is 14.3 Å². The van der Waals surface area contributed by atoms with E-state index in [0.717, 1.165) is 72.6 Å². The summed E-state index contributed by atoms with van der Waals surface area (Å²) >= 11 is 6.52. The van der Waals surface area contributed by atoms with Crippen LogP contribution in [0.15, 0.2) is 36.7 Å². The maximum atomic E-state index is 13.2. The van der Waals surface area contributed by atoms with Gasteiger partial charge in [0.05, 0.1) is 29.2 Å². The zero-order valence-corrected chi connectivity index (χ0v) is 20.5. The van der Waals surface area contributed by atoms with E-state index in [1.54, 1.807) is 12.4 Å². The van der Waals surface area contributed by atoms with Crippen molar-refractivity contribution in [2.24, 2.45) is 0 Å². The number of nitrogens with one attached hydrogen (secondary N) is 3. The number of pyridine rings is 1. The van der Waals surface area contributed by atoms with E-state index in [9.17, 15) is 4.79 Å². The average molecular weight is 493 g/mol. The van der Waals surface area contributed by atoms with E-state index in [4.69, 9.17) is 21.1 Å². The van der Waals surface area contributed by atoms with Gasteiger partial charge in [0.1, 0.15) is 12.4 Å². The van der Waals surface area contributed by atoms with Crippen LogP contribution in [0.1, 0.15) is 54.2 Å². The molecule has 0 unspecified atom stereocenters. The Balaban J connectivity index is 1.47. The highest BCUT2D eigenvalue weighted by molar-refractivity contribution is 6.31. The second-order valence-electron chi connectivity index (χ2n) is 9.65. The van der Waals surface area contributed by atoms with Crippen molar-refractivity contribution in [3.8, 4) is 17.0 Å². The Bertz CT molecular complexity index is 1280. The number of benzene rings is 1. The van der Waals surface area contributed by atoms with Gasteiger partial charge in [0, 0.05) is 46.7 Å². The number of fused-ring (bicyclic) bond motifs is 2. The van der Waals surface area contributed by atoms with Gasteiger partial charge in [-0.3, -0.25) is 9.78 Å². The largest absolute Gasteiger partial charge is 0.489 e. The Kier molecular flexibility index (Phi) is 5.69. The van der Waals surface area contributed by atoms with Crippen LogP contribution in [-0.4, -0.2) is 41.7 Å². The fourth-order valence-corrected chi connectivity index (χ4v) is 5.59. The van der Waals surface area contributed by atoms with Crippen molar-refractivity contribution >= 4 is 28.9 Å². The minimum absolute atomic E-state index is 0.0222. The molecule has 0 radical (unpaired) electrons. The molecule has 1 aromatic carbocycles. The number of hydrogen-bond donors (Lipinski definition) is 3. The first-order valence-electron chi connectivity index (χ1n) is 12.4. The van der Waals surface area contributed by atoms with Gasteiger partial charge in [-0.15, -0.1) is 0 Å². The monoisotopic (exact) mass is 492 g/mol. The van der Waals surface area contributed by atoms with E-state index in [0.29, 0.717) is 29.5 Å². The van der Waals surface area contributed by atoms with Crippen LogP contribution in [0, 0.1) is 0 Å². The summed E-state index contributed by atoms with van der Waals surface area (Å²) < 4.78 is 12.0. The fourth-order valence-electron chi connectivity index (χ4n) is 5.29. The van der Waals surface area contributed by atoms with Crippen LogP contribution in [0.2, 0.25) is 5.02 Å². The quantitative estimate of drug-likeness (QED) is 0.412. The number of hydrogen-bond acceptors (Lipinski definition) is 5. The summed E-state index contributed by atoms with van der Waals surface area (Å²) in [6.45, 7) is 3.99. The Labute approximate surface area is 209 Å². The van der Waals surface area contributed by atoms with Gasteiger partial charge >= 0.3 is 0 Å². The molecule has 3 N–H and O–H groups in total. The summed E-state index contributed by atoms with van der Waals surface area (Å²) in [5.74, 6) is 0.593. The third-order valence-corrected chi connectivity index (χ3v) is 7.79. The Morgan fingerprint density at radius 3 is 2.97 bits per heavy atom. The topological polar surface area (TPSA) is 88.3 Å². The molecule has 7 nitrogen and oxygen atoms in total. The average Bonchev–Trinajstić information content (AvgIpc) is 3.26. The SMILES string of the molecule is CCc1c(Cl)cccc1Nc1c(-c2ccncc2OC[C@H]2CCCO2)[nH]c2c1C(=O)NCC21CC1. The van der Waals surface area contributed by atoms with Gasteiger partial charge in [-0.2, -0.15) is 0 Å². The van der Waals surface area contributed by atoms with E-state index in [-0.39, 0.29) is 17.4 Å². The molecule has 1 saturated heterocycles. The van der Waals surface area contributed by atoms with E-state index >= 15 is 0 Å². The number of halogens is 1. The molecule has 6 rings (SSSR count). The molecule has 1 atom stereocenters. The number of carbonyl (C=O) groups is 1. The molecule has 1 aliphatic carbocycles. The van der Waals surface area contributed by atoms with Crippen molar-refractivity contribution in [2.45, 2.75) is 50.5 Å². The van der Waals surface area contributed by atoms with Crippen molar-refractivity contribution in [1.82, 2.24) is 15.3 Å². The van der Waals surface area contributed by atoms with Crippen molar-refractivity contribution in [2.75, 3.05) is 25.1 Å². The molecule has 0 bridgehead atoms. The van der Waals surface area contributed by atoms with Crippen LogP contribution in [0.4, 0.5) is 11.4 Å². The van der Waals surface area contributed by atoms with Crippen molar-refractivity contribution in [3.63, 3.8) is 0 Å². The molecule has 2 fully saturated rings. The first-order valence-corrected chi connectivity index (χ1v) is 12.8. The third kappa shape index (κ3) is 3.96. The summed E-state index contributed by atoms with van der Waals surface area (Å²) in [5, 5.41) is 7.40. The maximum absolute atomic E-state index is 13.2. The molecule has 35 heavy (non-hydrogen) atoms. The zero-order chi connectivity index (χ0) is 24.0. The van der Waals surface area contributed by atoms with Crippen LogP contribution in [0.5, 0.6) is 5.75 Å². The number of aromatic nitrogens is 2.